The fourth-order valence-electron chi connectivity index (χ4n) is 2.75. The molecule has 7 heteroatoms. The summed E-state index contributed by atoms with van der Waals surface area (Å²) in [6.07, 6.45) is -0.782. The Labute approximate surface area is 132 Å². The molecule has 1 aromatic carbocycles. The summed E-state index contributed by atoms with van der Waals surface area (Å²) < 4.78 is 51.2. The normalized spacial score (nSPS) is 20.1. The molecule has 2 rings (SSSR count). The highest BCUT2D eigenvalue weighted by atomic mass is 19.4. The Hall–Kier alpha value is -1.63. The van der Waals surface area contributed by atoms with Gasteiger partial charge in [0.25, 0.3) is 0 Å². The third-order valence-corrected chi connectivity index (χ3v) is 4.16. The summed E-state index contributed by atoms with van der Waals surface area (Å²) in [5.41, 5.74) is -0.990. The number of nitrogens with zero attached hydrogens (tertiary/aromatic N) is 1. The molecule has 128 valence electrons. The van der Waals surface area contributed by atoms with Crippen LogP contribution in [0.15, 0.2) is 18.2 Å². The molecule has 0 bridgehead atoms. The van der Waals surface area contributed by atoms with Crippen LogP contribution in [0, 0.1) is 5.82 Å². The minimum Gasteiger partial charge on any atom is -0.351 e. The molecule has 1 atom stereocenters. The van der Waals surface area contributed by atoms with Crippen molar-refractivity contribution in [2.45, 2.75) is 44.4 Å². The largest absolute Gasteiger partial charge is 0.416 e. The van der Waals surface area contributed by atoms with Gasteiger partial charge in [-0.3, -0.25) is 9.69 Å². The van der Waals surface area contributed by atoms with Gasteiger partial charge in [0, 0.05) is 12.1 Å². The number of alkyl halides is 3. The van der Waals surface area contributed by atoms with Crippen LogP contribution < -0.4 is 5.32 Å². The predicted molar refractivity (Wildman–Crippen MR) is 78.1 cm³/mol. The van der Waals surface area contributed by atoms with E-state index in [1.807, 2.05) is 11.9 Å². The minimum absolute atomic E-state index is 0.0441. The zero-order valence-corrected chi connectivity index (χ0v) is 12.9. The number of carbonyl (C=O) groups is 1. The van der Waals surface area contributed by atoms with Crippen LogP contribution in [0.5, 0.6) is 0 Å². The van der Waals surface area contributed by atoms with E-state index in [4.69, 9.17) is 0 Å². The van der Waals surface area contributed by atoms with Crippen LogP contribution in [0.3, 0.4) is 0 Å². The number of rotatable bonds is 3. The van der Waals surface area contributed by atoms with Crippen LogP contribution in [-0.4, -0.2) is 30.4 Å². The number of hydrogen-bond donors (Lipinski definition) is 1. The number of amides is 1. The smallest absolute Gasteiger partial charge is 0.351 e. The summed E-state index contributed by atoms with van der Waals surface area (Å²) in [5.74, 6) is -1.18. The number of halogens is 4. The second-order valence-electron chi connectivity index (χ2n) is 5.87. The maximum Gasteiger partial charge on any atom is 0.416 e. The molecule has 1 fully saturated rings. The van der Waals surface area contributed by atoms with Gasteiger partial charge in [-0.25, -0.2) is 4.39 Å². The third-order valence-electron chi connectivity index (χ3n) is 4.16. The summed E-state index contributed by atoms with van der Waals surface area (Å²) >= 11 is 0. The van der Waals surface area contributed by atoms with E-state index in [9.17, 15) is 22.4 Å². The fraction of sp³-hybridized carbons (Fsp3) is 0.562. The second-order valence-corrected chi connectivity index (χ2v) is 5.87. The van der Waals surface area contributed by atoms with E-state index in [0.717, 1.165) is 44.4 Å². The van der Waals surface area contributed by atoms with Crippen molar-refractivity contribution in [2.24, 2.45) is 0 Å². The Kier molecular flexibility index (Phi) is 5.62. The molecule has 1 aliphatic rings. The van der Waals surface area contributed by atoms with Crippen molar-refractivity contribution >= 4 is 5.91 Å². The molecule has 1 aliphatic heterocycles. The van der Waals surface area contributed by atoms with E-state index < -0.39 is 17.6 Å². The average molecular weight is 332 g/mol. The summed E-state index contributed by atoms with van der Waals surface area (Å²) in [5, 5.41) is 2.62. The maximum absolute atomic E-state index is 13.8. The third kappa shape index (κ3) is 4.67. The van der Waals surface area contributed by atoms with E-state index in [1.54, 1.807) is 0 Å². The lowest BCUT2D eigenvalue weighted by Crippen LogP contribution is -2.44. The van der Waals surface area contributed by atoms with Gasteiger partial charge in [0.05, 0.1) is 11.6 Å². The number of likely N-dealkylation sites (tertiary alicyclic amines) is 1. The monoisotopic (exact) mass is 332 g/mol. The van der Waals surface area contributed by atoms with E-state index >= 15 is 0 Å². The Morgan fingerprint density at radius 1 is 1.30 bits per heavy atom. The molecule has 0 saturated carbocycles. The molecule has 0 spiro atoms. The van der Waals surface area contributed by atoms with Crippen LogP contribution in [0.2, 0.25) is 0 Å². The molecule has 0 aromatic heterocycles. The number of carbonyl (C=O) groups excluding carboxylic acids is 1. The van der Waals surface area contributed by atoms with E-state index in [0.29, 0.717) is 6.07 Å². The second kappa shape index (κ2) is 7.29. The summed E-state index contributed by atoms with van der Waals surface area (Å²) in [6.45, 7) is 0.708. The number of likely N-dealkylation sites (N-methyl/N-ethyl adjacent to an activating group) is 1. The van der Waals surface area contributed by atoms with Gasteiger partial charge in [0.2, 0.25) is 5.91 Å². The highest BCUT2D eigenvalue weighted by Gasteiger charge is 2.31. The Bertz CT molecular complexity index is 560. The van der Waals surface area contributed by atoms with Crippen LogP contribution in [0.1, 0.15) is 36.8 Å². The molecule has 23 heavy (non-hydrogen) atoms. The summed E-state index contributed by atoms with van der Waals surface area (Å²) in [6, 6.07) is 2.08. The first-order valence-corrected chi connectivity index (χ1v) is 7.62. The molecule has 0 aliphatic carbocycles. The lowest BCUT2D eigenvalue weighted by molar-refractivity contribution is -0.137. The van der Waals surface area contributed by atoms with E-state index in [1.165, 1.54) is 0 Å². The molecule has 1 saturated heterocycles. The highest BCUT2D eigenvalue weighted by molar-refractivity contribution is 5.81. The molecule has 1 amide bonds. The van der Waals surface area contributed by atoms with Crippen LogP contribution in [-0.2, 0) is 17.5 Å². The topological polar surface area (TPSA) is 32.3 Å². The molecular weight excluding hydrogens is 312 g/mol. The summed E-state index contributed by atoms with van der Waals surface area (Å²) in [4.78, 5) is 14.2. The Balaban J connectivity index is 1.98. The predicted octanol–water partition coefficient (Wildman–Crippen LogP) is 3.34. The van der Waals surface area contributed by atoms with E-state index in [2.05, 4.69) is 5.32 Å². The first-order valence-electron chi connectivity index (χ1n) is 7.62. The number of hydrogen-bond acceptors (Lipinski definition) is 2. The summed E-state index contributed by atoms with van der Waals surface area (Å²) in [7, 11) is 1.87. The number of benzene rings is 1. The molecule has 0 radical (unpaired) electrons. The number of nitrogens with one attached hydrogen (secondary N) is 1. The fourth-order valence-corrected chi connectivity index (χ4v) is 2.75. The van der Waals surface area contributed by atoms with Crippen molar-refractivity contribution in [3.63, 3.8) is 0 Å². The SMILES string of the molecule is CN1CCCCCC1C(=O)NCc1ccc(C(F)(F)F)cc1F. The molecule has 1 aromatic rings. The van der Waals surface area contributed by atoms with Gasteiger partial charge in [-0.15, -0.1) is 0 Å². The van der Waals surface area contributed by atoms with Gasteiger partial charge < -0.3 is 5.32 Å². The van der Waals surface area contributed by atoms with Gasteiger partial charge in [-0.1, -0.05) is 18.9 Å². The Morgan fingerprint density at radius 3 is 2.70 bits per heavy atom. The molecule has 1 heterocycles. The standard InChI is InChI=1S/C16H20F4N2O/c1-22-8-4-2-3-5-14(22)15(23)21-10-11-6-7-12(9-13(11)17)16(18,19)20/h6-7,9,14H,2-5,8,10H2,1H3,(H,21,23). The Morgan fingerprint density at radius 2 is 2.04 bits per heavy atom. The molecular formula is C16H20F4N2O. The van der Waals surface area contributed by atoms with Crippen molar-refractivity contribution in [3.05, 3.63) is 35.1 Å². The van der Waals surface area contributed by atoms with Gasteiger partial charge in [0.15, 0.2) is 0 Å². The van der Waals surface area contributed by atoms with Crippen LogP contribution in [0.25, 0.3) is 0 Å². The van der Waals surface area contributed by atoms with Crippen molar-refractivity contribution in [2.75, 3.05) is 13.6 Å². The quantitative estimate of drug-likeness (QED) is 0.861. The average Bonchev–Trinajstić information content (AvgIpc) is 2.69. The first kappa shape index (κ1) is 17.7. The van der Waals surface area contributed by atoms with Gasteiger partial charge in [-0.05, 0) is 38.6 Å². The minimum atomic E-state index is -4.58. The lowest BCUT2D eigenvalue weighted by Gasteiger charge is -2.24. The first-order chi connectivity index (χ1) is 10.8. The van der Waals surface area contributed by atoms with E-state index in [-0.39, 0.29) is 24.1 Å². The van der Waals surface area contributed by atoms with Crippen molar-refractivity contribution in [1.82, 2.24) is 10.2 Å². The lowest BCUT2D eigenvalue weighted by atomic mass is 10.1. The van der Waals surface area contributed by atoms with Crippen molar-refractivity contribution < 1.29 is 22.4 Å². The zero-order valence-electron chi connectivity index (χ0n) is 12.9. The van der Waals surface area contributed by atoms with Gasteiger partial charge >= 0.3 is 6.18 Å². The zero-order chi connectivity index (χ0) is 17.0. The van der Waals surface area contributed by atoms with Gasteiger partial charge in [0.1, 0.15) is 5.82 Å². The molecule has 1 unspecified atom stereocenters. The van der Waals surface area contributed by atoms with Crippen LogP contribution >= 0.6 is 0 Å². The molecule has 1 N–H and O–H groups in total. The molecule has 3 nitrogen and oxygen atoms in total. The van der Waals surface area contributed by atoms with Gasteiger partial charge in [-0.2, -0.15) is 13.2 Å². The van der Waals surface area contributed by atoms with Crippen molar-refractivity contribution in [3.8, 4) is 0 Å². The maximum atomic E-state index is 13.8. The van der Waals surface area contributed by atoms with Crippen LogP contribution in [0.4, 0.5) is 17.6 Å². The highest BCUT2D eigenvalue weighted by Crippen LogP contribution is 2.30. The van der Waals surface area contributed by atoms with Crippen molar-refractivity contribution in [1.29, 1.82) is 0 Å².